The molecule has 0 unspecified atom stereocenters. The first-order valence-corrected chi connectivity index (χ1v) is 18.4. The van der Waals surface area contributed by atoms with Gasteiger partial charge in [-0.05, 0) is 99.8 Å². The molecule has 10 rings (SSSR count). The molecule has 0 spiro atoms. The topological polar surface area (TPSA) is 16.4 Å². The highest BCUT2D eigenvalue weighted by Gasteiger charge is 2.39. The lowest BCUT2D eigenvalue weighted by molar-refractivity contribution is 0.594. The Hall–Kier alpha value is -5.86. The Labute approximate surface area is 305 Å². The van der Waals surface area contributed by atoms with Gasteiger partial charge in [0.15, 0.2) is 0 Å². The molecule has 0 saturated heterocycles. The zero-order chi connectivity index (χ0) is 35.5. The van der Waals surface area contributed by atoms with Crippen LogP contribution in [0.4, 0.5) is 17.1 Å². The van der Waals surface area contributed by atoms with Crippen LogP contribution in [0.25, 0.3) is 49.2 Å². The third kappa shape index (κ3) is 4.18. The molecule has 0 N–H and O–H groups in total. The molecule has 7 aromatic carbocycles. The number of allylic oxidation sites excluding steroid dienone is 1. The summed E-state index contributed by atoms with van der Waals surface area (Å²) in [5.74, 6) is 0.974. The molecular formula is C50H41NO. The molecule has 1 heterocycles. The molecule has 0 aliphatic heterocycles. The summed E-state index contributed by atoms with van der Waals surface area (Å²) in [4.78, 5) is 2.50. The maximum absolute atomic E-state index is 6.71. The Morgan fingerprint density at radius 1 is 0.481 bits per heavy atom. The lowest BCUT2D eigenvalue weighted by Crippen LogP contribution is -2.17. The van der Waals surface area contributed by atoms with Gasteiger partial charge >= 0.3 is 0 Å². The van der Waals surface area contributed by atoms with Gasteiger partial charge in [0, 0.05) is 44.1 Å². The fraction of sp³-hybridized carbons (Fsp3) is 0.160. The number of benzene rings is 7. The van der Waals surface area contributed by atoms with E-state index in [0.29, 0.717) is 0 Å². The first-order valence-electron chi connectivity index (χ1n) is 18.4. The van der Waals surface area contributed by atoms with Crippen LogP contribution in [0.15, 0.2) is 150 Å². The highest BCUT2D eigenvalue weighted by molar-refractivity contribution is 6.14. The fourth-order valence-electron chi connectivity index (χ4n) is 9.32. The number of rotatable bonds is 4. The summed E-state index contributed by atoms with van der Waals surface area (Å²) in [6.07, 6.45) is 0. The molecule has 0 atom stereocenters. The average Bonchev–Trinajstić information content (AvgIpc) is 3.69. The Balaban J connectivity index is 1.25. The SMILES string of the molecule is CC1=C(c2oc3ccccc3c2C)c2cc(N(c3ccc4c(c3)C(C)(C)c3ccccc3-4)c3cc4ccccc4c4ccccc34)ccc2C1(C)C. The molecular weight excluding hydrogens is 631 g/mol. The van der Waals surface area contributed by atoms with E-state index in [9.17, 15) is 0 Å². The predicted octanol–water partition coefficient (Wildman–Crippen LogP) is 13.9. The lowest BCUT2D eigenvalue weighted by Gasteiger charge is -2.30. The Bertz CT molecular complexity index is 2830. The molecule has 2 nitrogen and oxygen atoms in total. The summed E-state index contributed by atoms with van der Waals surface area (Å²) >= 11 is 0. The minimum atomic E-state index is -0.140. The van der Waals surface area contributed by atoms with Crippen molar-refractivity contribution in [2.45, 2.75) is 52.4 Å². The largest absolute Gasteiger partial charge is 0.456 e. The molecule has 0 saturated carbocycles. The van der Waals surface area contributed by atoms with Gasteiger partial charge in [-0.15, -0.1) is 0 Å². The van der Waals surface area contributed by atoms with Crippen molar-refractivity contribution in [1.82, 2.24) is 0 Å². The van der Waals surface area contributed by atoms with E-state index in [1.54, 1.807) is 0 Å². The minimum Gasteiger partial charge on any atom is -0.456 e. The highest BCUT2D eigenvalue weighted by Crippen LogP contribution is 2.54. The number of aryl methyl sites for hydroxylation is 1. The van der Waals surface area contributed by atoms with Crippen molar-refractivity contribution in [2.75, 3.05) is 4.90 Å². The van der Waals surface area contributed by atoms with Gasteiger partial charge < -0.3 is 9.32 Å². The molecule has 2 aliphatic rings. The minimum absolute atomic E-state index is 0.118. The number of hydrogen-bond acceptors (Lipinski definition) is 2. The highest BCUT2D eigenvalue weighted by atomic mass is 16.3. The molecule has 2 aliphatic carbocycles. The van der Waals surface area contributed by atoms with E-state index >= 15 is 0 Å². The number of hydrogen-bond donors (Lipinski definition) is 0. The van der Waals surface area contributed by atoms with Gasteiger partial charge in [0.1, 0.15) is 11.3 Å². The van der Waals surface area contributed by atoms with E-state index in [2.05, 4.69) is 186 Å². The zero-order valence-corrected chi connectivity index (χ0v) is 30.6. The molecule has 2 heteroatoms. The molecule has 8 aromatic rings. The number of fused-ring (bicyclic) bond motifs is 8. The molecule has 0 bridgehead atoms. The van der Waals surface area contributed by atoms with Gasteiger partial charge in [0.2, 0.25) is 0 Å². The fourth-order valence-corrected chi connectivity index (χ4v) is 9.32. The summed E-state index contributed by atoms with van der Waals surface area (Å²) in [7, 11) is 0. The van der Waals surface area contributed by atoms with Crippen LogP contribution in [-0.2, 0) is 10.8 Å². The van der Waals surface area contributed by atoms with E-state index in [-0.39, 0.29) is 10.8 Å². The van der Waals surface area contributed by atoms with Gasteiger partial charge in [-0.1, -0.05) is 136 Å². The summed E-state index contributed by atoms with van der Waals surface area (Å²) in [6.45, 7) is 13.9. The third-order valence-electron chi connectivity index (χ3n) is 12.4. The van der Waals surface area contributed by atoms with Crippen molar-refractivity contribution in [3.05, 3.63) is 179 Å². The molecule has 1 aromatic heterocycles. The van der Waals surface area contributed by atoms with Crippen LogP contribution in [0.5, 0.6) is 0 Å². The van der Waals surface area contributed by atoms with Crippen LogP contribution in [0.3, 0.4) is 0 Å². The monoisotopic (exact) mass is 671 g/mol. The van der Waals surface area contributed by atoms with Crippen LogP contribution in [-0.4, -0.2) is 0 Å². The molecule has 52 heavy (non-hydrogen) atoms. The average molecular weight is 672 g/mol. The normalized spacial score (nSPS) is 15.3. The molecule has 252 valence electrons. The molecule has 0 radical (unpaired) electrons. The second kappa shape index (κ2) is 10.8. The number of nitrogens with zero attached hydrogens (tertiary/aromatic N) is 1. The first-order chi connectivity index (χ1) is 25.1. The van der Waals surface area contributed by atoms with Crippen LogP contribution in [0, 0.1) is 6.92 Å². The maximum Gasteiger partial charge on any atom is 0.138 e. The second-order valence-corrected chi connectivity index (χ2v) is 15.8. The van der Waals surface area contributed by atoms with Crippen molar-refractivity contribution in [1.29, 1.82) is 0 Å². The summed E-state index contributed by atoms with van der Waals surface area (Å²) in [5.41, 5.74) is 15.8. The predicted molar refractivity (Wildman–Crippen MR) is 219 cm³/mol. The summed E-state index contributed by atoms with van der Waals surface area (Å²) < 4.78 is 6.71. The number of para-hydroxylation sites is 1. The number of furan rings is 1. The summed E-state index contributed by atoms with van der Waals surface area (Å²) in [5, 5.41) is 6.15. The van der Waals surface area contributed by atoms with Gasteiger partial charge in [-0.25, -0.2) is 0 Å². The number of anilines is 3. The standard InChI is InChI=1S/C50H41NO/c1-30-35-16-12-14-22-46(35)52-48(30)47-31(2)49(3,4)43-26-24-33(28-41(43)47)51(45-27-32-15-7-8-17-36(32)37-18-9-10-20-40(37)45)34-23-25-39-38-19-11-13-21-42(38)50(5,6)44(39)29-34/h7-29H,1-6H3. The van der Waals surface area contributed by atoms with E-state index in [4.69, 9.17) is 4.42 Å². The van der Waals surface area contributed by atoms with E-state index in [1.807, 2.05) is 0 Å². The van der Waals surface area contributed by atoms with Gasteiger partial charge in [0.05, 0.1) is 5.69 Å². The molecule has 0 fully saturated rings. The Morgan fingerprint density at radius 3 is 1.90 bits per heavy atom. The van der Waals surface area contributed by atoms with Gasteiger partial charge in [-0.3, -0.25) is 0 Å². The van der Waals surface area contributed by atoms with E-state index in [0.717, 1.165) is 22.7 Å². The second-order valence-electron chi connectivity index (χ2n) is 15.8. The van der Waals surface area contributed by atoms with Crippen LogP contribution < -0.4 is 4.90 Å². The van der Waals surface area contributed by atoms with E-state index in [1.165, 1.54) is 82.7 Å². The van der Waals surface area contributed by atoms with Crippen LogP contribution in [0.2, 0.25) is 0 Å². The third-order valence-corrected chi connectivity index (χ3v) is 12.4. The van der Waals surface area contributed by atoms with Crippen molar-refractivity contribution < 1.29 is 4.42 Å². The van der Waals surface area contributed by atoms with Crippen molar-refractivity contribution in [3.8, 4) is 11.1 Å². The maximum atomic E-state index is 6.71. The lowest BCUT2D eigenvalue weighted by atomic mass is 9.82. The van der Waals surface area contributed by atoms with Crippen molar-refractivity contribution >= 4 is 55.1 Å². The molecule has 0 amide bonds. The van der Waals surface area contributed by atoms with Crippen LogP contribution in [0.1, 0.15) is 68.2 Å². The van der Waals surface area contributed by atoms with Gasteiger partial charge in [-0.2, -0.15) is 0 Å². The first kappa shape index (κ1) is 30.9. The zero-order valence-electron chi connectivity index (χ0n) is 30.6. The van der Waals surface area contributed by atoms with Gasteiger partial charge in [0.25, 0.3) is 0 Å². The Kier molecular flexibility index (Phi) is 6.44. The van der Waals surface area contributed by atoms with Crippen LogP contribution >= 0.6 is 0 Å². The smallest absolute Gasteiger partial charge is 0.138 e. The van der Waals surface area contributed by atoms with Crippen molar-refractivity contribution in [2.24, 2.45) is 0 Å². The quantitative estimate of drug-likeness (QED) is 0.173. The Morgan fingerprint density at radius 2 is 1.10 bits per heavy atom. The van der Waals surface area contributed by atoms with Crippen molar-refractivity contribution in [3.63, 3.8) is 0 Å². The van der Waals surface area contributed by atoms with E-state index < -0.39 is 0 Å². The summed E-state index contributed by atoms with van der Waals surface area (Å²) in [6, 6.07) is 51.6.